The molecule has 0 spiro atoms. The first kappa shape index (κ1) is 19.7. The lowest BCUT2D eigenvalue weighted by Crippen LogP contribution is -2.27. The molecule has 3 rings (SSSR count). The minimum absolute atomic E-state index is 0.00483. The van der Waals surface area contributed by atoms with Crippen LogP contribution >= 0.6 is 11.6 Å². The third-order valence-electron chi connectivity index (χ3n) is 4.41. The lowest BCUT2D eigenvalue weighted by molar-refractivity contribution is 0.310. The van der Waals surface area contributed by atoms with Gasteiger partial charge >= 0.3 is 0 Å². The van der Waals surface area contributed by atoms with Gasteiger partial charge in [0.15, 0.2) is 0 Å². The molecule has 0 amide bonds. The topological polar surface area (TPSA) is 74.3 Å². The monoisotopic (exact) mass is 396 g/mol. The highest BCUT2D eigenvalue weighted by Gasteiger charge is 2.20. The lowest BCUT2D eigenvalue weighted by atomic mass is 10.1. The number of likely N-dealkylation sites (N-methyl/N-ethyl adjacent to an activating group) is 1. The van der Waals surface area contributed by atoms with Crippen molar-refractivity contribution in [1.29, 1.82) is 5.26 Å². The normalized spacial score (nSPS) is 11.9. The Morgan fingerprint density at radius 2 is 1.93 bits per heavy atom. The van der Waals surface area contributed by atoms with Crippen LogP contribution in [0.25, 0.3) is 11.5 Å². The van der Waals surface area contributed by atoms with Crippen LogP contribution in [0.5, 0.6) is 5.75 Å². The van der Waals surface area contributed by atoms with Crippen LogP contribution in [0.4, 0.5) is 5.88 Å². The minimum atomic E-state index is -0.00483. The predicted octanol–water partition coefficient (Wildman–Crippen LogP) is 4.59. The number of hydrogen-bond acceptors (Lipinski definition) is 6. The van der Waals surface area contributed by atoms with Crippen molar-refractivity contribution in [2.45, 2.75) is 6.04 Å². The Morgan fingerprint density at radius 1 is 1.21 bits per heavy atom. The van der Waals surface area contributed by atoms with Crippen molar-refractivity contribution in [2.75, 3.05) is 33.1 Å². The largest absolute Gasteiger partial charge is 0.497 e. The Balaban J connectivity index is 1.82. The van der Waals surface area contributed by atoms with Gasteiger partial charge in [-0.25, -0.2) is 0 Å². The van der Waals surface area contributed by atoms with E-state index < -0.39 is 0 Å². The number of methoxy groups -OCH3 is 1. The summed E-state index contributed by atoms with van der Waals surface area (Å²) in [5.41, 5.74) is 1.97. The van der Waals surface area contributed by atoms with E-state index in [2.05, 4.69) is 21.3 Å². The van der Waals surface area contributed by atoms with Crippen molar-refractivity contribution in [2.24, 2.45) is 0 Å². The van der Waals surface area contributed by atoms with Crippen molar-refractivity contribution in [3.8, 4) is 23.3 Å². The molecular formula is C21H21ClN4O2. The van der Waals surface area contributed by atoms with Gasteiger partial charge in [-0.1, -0.05) is 29.8 Å². The summed E-state index contributed by atoms with van der Waals surface area (Å²) < 4.78 is 11.0. The summed E-state index contributed by atoms with van der Waals surface area (Å²) in [5.74, 6) is 1.45. The fourth-order valence-corrected chi connectivity index (χ4v) is 3.14. The summed E-state index contributed by atoms with van der Waals surface area (Å²) in [6.07, 6.45) is 0. The van der Waals surface area contributed by atoms with Gasteiger partial charge in [-0.05, 0) is 50.0 Å². The molecule has 1 atom stereocenters. The number of ether oxygens (including phenoxy) is 1. The first-order chi connectivity index (χ1) is 13.5. The summed E-state index contributed by atoms with van der Waals surface area (Å²) in [5, 5.41) is 13.3. The molecule has 1 heterocycles. The number of nitriles is 1. The number of nitrogens with zero attached hydrogens (tertiary/aromatic N) is 3. The van der Waals surface area contributed by atoms with Crippen molar-refractivity contribution < 1.29 is 9.15 Å². The molecule has 0 bridgehead atoms. The van der Waals surface area contributed by atoms with E-state index in [9.17, 15) is 5.26 Å². The van der Waals surface area contributed by atoms with E-state index in [0.29, 0.717) is 23.3 Å². The molecule has 1 aromatic heterocycles. The van der Waals surface area contributed by atoms with Gasteiger partial charge in [-0.2, -0.15) is 10.2 Å². The van der Waals surface area contributed by atoms with Gasteiger partial charge in [0.2, 0.25) is 17.5 Å². The molecule has 0 saturated carbocycles. The van der Waals surface area contributed by atoms with E-state index >= 15 is 0 Å². The quantitative estimate of drug-likeness (QED) is 0.629. The lowest BCUT2D eigenvalue weighted by Gasteiger charge is -2.25. The average molecular weight is 397 g/mol. The molecule has 7 heteroatoms. The van der Waals surface area contributed by atoms with Crippen LogP contribution < -0.4 is 10.1 Å². The number of benzene rings is 2. The summed E-state index contributed by atoms with van der Waals surface area (Å²) in [7, 11) is 5.56. The van der Waals surface area contributed by atoms with E-state index in [0.717, 1.165) is 16.9 Å². The number of oxazole rings is 1. The standard InChI is InChI=1S/C21H21ClN4O2/c1-26(2)19(16-6-4-5-7-17(16)22)13-24-21-18(12-23)25-20(28-21)14-8-10-15(27-3)11-9-14/h4-11,19,24H,13H2,1-3H3/t19-/m1/s1. The summed E-state index contributed by atoms with van der Waals surface area (Å²) in [6, 6.07) is 17.1. The maximum atomic E-state index is 9.43. The Kier molecular flexibility index (Phi) is 6.19. The molecule has 0 aliphatic heterocycles. The smallest absolute Gasteiger partial charge is 0.232 e. The van der Waals surface area contributed by atoms with Crippen molar-refractivity contribution in [3.63, 3.8) is 0 Å². The number of hydrogen-bond donors (Lipinski definition) is 1. The molecule has 0 aliphatic rings. The van der Waals surface area contributed by atoms with Crippen molar-refractivity contribution in [3.05, 3.63) is 64.8 Å². The van der Waals surface area contributed by atoms with Crippen LogP contribution in [0.15, 0.2) is 52.9 Å². The zero-order valence-electron chi connectivity index (χ0n) is 15.9. The van der Waals surface area contributed by atoms with Crippen LogP contribution in [0.1, 0.15) is 17.3 Å². The van der Waals surface area contributed by atoms with E-state index in [1.54, 1.807) is 7.11 Å². The summed E-state index contributed by atoms with van der Waals surface area (Å²) >= 11 is 6.36. The fraction of sp³-hybridized carbons (Fsp3) is 0.238. The number of rotatable bonds is 7. The van der Waals surface area contributed by atoms with E-state index in [4.69, 9.17) is 20.8 Å². The van der Waals surface area contributed by atoms with E-state index in [1.165, 1.54) is 0 Å². The first-order valence-electron chi connectivity index (χ1n) is 8.73. The predicted molar refractivity (Wildman–Crippen MR) is 110 cm³/mol. The molecule has 28 heavy (non-hydrogen) atoms. The maximum absolute atomic E-state index is 9.43. The molecule has 0 radical (unpaired) electrons. The maximum Gasteiger partial charge on any atom is 0.232 e. The van der Waals surface area contributed by atoms with Crippen molar-refractivity contribution >= 4 is 17.5 Å². The van der Waals surface area contributed by atoms with Crippen LogP contribution in [0.2, 0.25) is 5.02 Å². The second-order valence-electron chi connectivity index (χ2n) is 6.42. The molecule has 6 nitrogen and oxygen atoms in total. The molecular weight excluding hydrogens is 376 g/mol. The highest BCUT2D eigenvalue weighted by molar-refractivity contribution is 6.31. The van der Waals surface area contributed by atoms with Gasteiger partial charge in [0.1, 0.15) is 11.8 Å². The van der Waals surface area contributed by atoms with Crippen molar-refractivity contribution in [1.82, 2.24) is 9.88 Å². The van der Waals surface area contributed by atoms with Crippen LogP contribution in [0, 0.1) is 11.3 Å². The molecule has 0 saturated heterocycles. The Labute approximate surface area is 169 Å². The third kappa shape index (κ3) is 4.28. The number of nitrogens with one attached hydrogen (secondary N) is 1. The van der Waals surface area contributed by atoms with Gasteiger partial charge in [0.25, 0.3) is 0 Å². The van der Waals surface area contributed by atoms with E-state index in [-0.39, 0.29) is 11.7 Å². The first-order valence-corrected chi connectivity index (χ1v) is 9.11. The third-order valence-corrected chi connectivity index (χ3v) is 4.76. The molecule has 0 aliphatic carbocycles. The molecule has 1 N–H and O–H groups in total. The molecule has 2 aromatic carbocycles. The van der Waals surface area contributed by atoms with Gasteiger partial charge in [0, 0.05) is 17.1 Å². The number of anilines is 1. The highest BCUT2D eigenvalue weighted by atomic mass is 35.5. The number of aromatic nitrogens is 1. The Morgan fingerprint density at radius 3 is 2.54 bits per heavy atom. The highest BCUT2D eigenvalue weighted by Crippen LogP contribution is 2.29. The van der Waals surface area contributed by atoms with Gasteiger partial charge < -0.3 is 19.4 Å². The van der Waals surface area contributed by atoms with Crippen LogP contribution in [-0.4, -0.2) is 37.6 Å². The van der Waals surface area contributed by atoms with Gasteiger partial charge in [0.05, 0.1) is 13.2 Å². The molecule has 0 fully saturated rings. The molecule has 0 unspecified atom stereocenters. The average Bonchev–Trinajstić information content (AvgIpc) is 3.12. The van der Waals surface area contributed by atoms with Gasteiger partial charge in [-0.3, -0.25) is 0 Å². The summed E-state index contributed by atoms with van der Waals surface area (Å²) in [4.78, 5) is 6.35. The zero-order chi connectivity index (χ0) is 20.1. The van der Waals surface area contributed by atoms with E-state index in [1.807, 2.05) is 62.6 Å². The Hall–Kier alpha value is -3.01. The fourth-order valence-electron chi connectivity index (χ4n) is 2.88. The summed E-state index contributed by atoms with van der Waals surface area (Å²) in [6.45, 7) is 0.503. The second kappa shape index (κ2) is 8.79. The molecule has 3 aromatic rings. The molecule has 144 valence electrons. The van der Waals surface area contributed by atoms with Crippen LogP contribution in [-0.2, 0) is 0 Å². The number of halogens is 1. The minimum Gasteiger partial charge on any atom is -0.497 e. The second-order valence-corrected chi connectivity index (χ2v) is 6.83. The van der Waals surface area contributed by atoms with Crippen LogP contribution in [0.3, 0.4) is 0 Å². The Bertz CT molecular complexity index is 977. The SMILES string of the molecule is COc1ccc(-c2nc(C#N)c(NC[C@H](c3ccccc3Cl)N(C)C)o2)cc1. The zero-order valence-corrected chi connectivity index (χ0v) is 16.7. The van der Waals surface area contributed by atoms with Gasteiger partial charge in [-0.15, -0.1) is 0 Å².